The number of benzene rings is 1. The lowest BCUT2D eigenvalue weighted by molar-refractivity contribution is -0.150. The van der Waals surface area contributed by atoms with Crippen LogP contribution in [0, 0.1) is 24.2 Å². The van der Waals surface area contributed by atoms with Gasteiger partial charge in [0.05, 0.1) is 11.5 Å². The summed E-state index contributed by atoms with van der Waals surface area (Å²) in [5, 5.41) is 8.88. The summed E-state index contributed by atoms with van der Waals surface area (Å²) in [5.74, 6) is 1.67. The number of aromatic nitrogens is 2. The van der Waals surface area contributed by atoms with Crippen LogP contribution >= 0.6 is 0 Å². The molecule has 7 heteroatoms. The van der Waals surface area contributed by atoms with Crippen molar-refractivity contribution in [2.24, 2.45) is 5.92 Å². The quantitative estimate of drug-likeness (QED) is 0.598. The zero-order valence-corrected chi connectivity index (χ0v) is 16.7. The van der Waals surface area contributed by atoms with Crippen molar-refractivity contribution in [3.8, 4) is 17.5 Å². The van der Waals surface area contributed by atoms with Gasteiger partial charge in [0.25, 0.3) is 0 Å². The average molecular weight is 402 g/mol. The van der Waals surface area contributed by atoms with Crippen LogP contribution < -0.4 is 4.90 Å². The Morgan fingerprint density at radius 3 is 2.67 bits per heavy atom. The van der Waals surface area contributed by atoms with E-state index in [1.165, 1.54) is 0 Å². The van der Waals surface area contributed by atoms with Gasteiger partial charge in [-0.25, -0.2) is 9.97 Å². The van der Waals surface area contributed by atoms with Crippen molar-refractivity contribution in [1.82, 2.24) is 9.97 Å². The summed E-state index contributed by atoms with van der Waals surface area (Å²) < 4.78 is 11.3. The maximum absolute atomic E-state index is 12.5. The maximum Gasteiger partial charge on any atom is 0.309 e. The summed E-state index contributed by atoms with van der Waals surface area (Å²) in [7, 11) is 0. The van der Waals surface area contributed by atoms with Crippen molar-refractivity contribution in [3.63, 3.8) is 0 Å². The van der Waals surface area contributed by atoms with Crippen LogP contribution in [0.2, 0.25) is 0 Å². The summed E-state index contributed by atoms with van der Waals surface area (Å²) in [6.07, 6.45) is 2.97. The first-order chi connectivity index (χ1) is 14.6. The second kappa shape index (κ2) is 8.78. The SMILES string of the molecule is Cc1oc(-c2ccccc2)nc1COC(=O)C1CCN(c2ccc(C#N)cn2)CC1. The average Bonchev–Trinajstić information content (AvgIpc) is 3.19. The smallest absolute Gasteiger partial charge is 0.309 e. The van der Waals surface area contributed by atoms with Crippen LogP contribution in [0.1, 0.15) is 29.9 Å². The molecule has 2 aromatic heterocycles. The van der Waals surface area contributed by atoms with Crippen molar-refractivity contribution in [1.29, 1.82) is 5.26 Å². The van der Waals surface area contributed by atoms with Crippen LogP contribution in [-0.4, -0.2) is 29.0 Å². The minimum absolute atomic E-state index is 0.110. The number of anilines is 1. The molecule has 3 heterocycles. The first-order valence-electron chi connectivity index (χ1n) is 9.93. The van der Waals surface area contributed by atoms with E-state index in [9.17, 15) is 4.79 Å². The van der Waals surface area contributed by atoms with E-state index >= 15 is 0 Å². The minimum atomic E-state index is -0.203. The Kier molecular flexibility index (Phi) is 5.75. The summed E-state index contributed by atoms with van der Waals surface area (Å²) in [6.45, 7) is 3.38. The van der Waals surface area contributed by atoms with E-state index in [2.05, 4.69) is 20.9 Å². The summed E-state index contributed by atoms with van der Waals surface area (Å²) in [5.41, 5.74) is 2.07. The number of carbonyl (C=O) groups is 1. The van der Waals surface area contributed by atoms with E-state index in [1.807, 2.05) is 43.3 Å². The lowest BCUT2D eigenvalue weighted by Crippen LogP contribution is -2.37. The molecule has 1 aliphatic rings. The van der Waals surface area contributed by atoms with Gasteiger partial charge in [0, 0.05) is 24.8 Å². The van der Waals surface area contributed by atoms with Crippen molar-refractivity contribution < 1.29 is 13.9 Å². The van der Waals surface area contributed by atoms with E-state index in [1.54, 1.807) is 12.3 Å². The third-order valence-corrected chi connectivity index (χ3v) is 5.29. The molecular weight excluding hydrogens is 380 g/mol. The molecule has 0 atom stereocenters. The monoisotopic (exact) mass is 402 g/mol. The van der Waals surface area contributed by atoms with Crippen molar-refractivity contribution in [3.05, 3.63) is 65.7 Å². The Morgan fingerprint density at radius 1 is 1.23 bits per heavy atom. The number of hydrogen-bond acceptors (Lipinski definition) is 7. The first kappa shape index (κ1) is 19.6. The molecule has 3 aromatic rings. The topological polar surface area (TPSA) is 92.3 Å². The lowest BCUT2D eigenvalue weighted by Gasteiger charge is -2.31. The summed E-state index contributed by atoms with van der Waals surface area (Å²) in [4.78, 5) is 23.5. The number of carbonyl (C=O) groups excluding carboxylic acids is 1. The Balaban J connectivity index is 1.30. The molecule has 1 aromatic carbocycles. The Morgan fingerprint density at radius 2 is 2.00 bits per heavy atom. The number of aryl methyl sites for hydroxylation is 1. The first-order valence-corrected chi connectivity index (χ1v) is 9.93. The van der Waals surface area contributed by atoms with Gasteiger partial charge < -0.3 is 14.1 Å². The fourth-order valence-electron chi connectivity index (χ4n) is 3.51. The van der Waals surface area contributed by atoms with Gasteiger partial charge in [-0.1, -0.05) is 18.2 Å². The van der Waals surface area contributed by atoms with Crippen LogP contribution in [-0.2, 0) is 16.1 Å². The third kappa shape index (κ3) is 4.33. The number of rotatable bonds is 5. The predicted octanol–water partition coefficient (Wildman–Crippen LogP) is 3.88. The van der Waals surface area contributed by atoms with Gasteiger partial charge in [0.1, 0.15) is 29.9 Å². The van der Waals surface area contributed by atoms with Gasteiger partial charge in [-0.15, -0.1) is 0 Å². The number of piperidine rings is 1. The van der Waals surface area contributed by atoms with Gasteiger partial charge in [0.15, 0.2) is 0 Å². The maximum atomic E-state index is 12.5. The molecule has 30 heavy (non-hydrogen) atoms. The van der Waals surface area contributed by atoms with Gasteiger partial charge >= 0.3 is 5.97 Å². The highest BCUT2D eigenvalue weighted by atomic mass is 16.5. The molecule has 0 saturated carbocycles. The molecule has 0 aliphatic carbocycles. The zero-order valence-electron chi connectivity index (χ0n) is 16.7. The fraction of sp³-hybridized carbons (Fsp3) is 0.304. The van der Waals surface area contributed by atoms with Gasteiger partial charge in [-0.05, 0) is 44.0 Å². The molecule has 0 unspecified atom stereocenters. The third-order valence-electron chi connectivity index (χ3n) is 5.29. The van der Waals surface area contributed by atoms with Crippen LogP contribution in [0.3, 0.4) is 0 Å². The molecule has 152 valence electrons. The van der Waals surface area contributed by atoms with Crippen LogP contribution in [0.4, 0.5) is 5.82 Å². The summed E-state index contributed by atoms with van der Waals surface area (Å²) >= 11 is 0. The predicted molar refractivity (Wildman–Crippen MR) is 110 cm³/mol. The van der Waals surface area contributed by atoms with Gasteiger partial charge in [-0.3, -0.25) is 4.79 Å². The molecule has 1 saturated heterocycles. The number of nitriles is 1. The molecule has 0 bridgehead atoms. The van der Waals surface area contributed by atoms with E-state index in [-0.39, 0.29) is 18.5 Å². The number of esters is 1. The zero-order chi connectivity index (χ0) is 20.9. The molecule has 0 radical (unpaired) electrons. The minimum Gasteiger partial charge on any atom is -0.459 e. The molecule has 1 fully saturated rings. The fourth-order valence-corrected chi connectivity index (χ4v) is 3.51. The molecule has 7 nitrogen and oxygen atoms in total. The Labute approximate surface area is 174 Å². The number of oxazole rings is 1. The largest absolute Gasteiger partial charge is 0.459 e. The standard InChI is InChI=1S/C23H22N4O3/c1-16-20(26-22(30-16)18-5-3-2-4-6-18)15-29-23(28)19-9-11-27(12-10-19)21-8-7-17(13-24)14-25-21/h2-8,14,19H,9-12,15H2,1H3. The number of pyridine rings is 1. The molecular formula is C23H22N4O3. The second-order valence-electron chi connectivity index (χ2n) is 7.27. The van der Waals surface area contributed by atoms with Crippen LogP contribution in [0.5, 0.6) is 0 Å². The molecule has 0 N–H and O–H groups in total. The van der Waals surface area contributed by atoms with Crippen LogP contribution in [0.15, 0.2) is 53.1 Å². The van der Waals surface area contributed by atoms with E-state index in [4.69, 9.17) is 14.4 Å². The van der Waals surface area contributed by atoms with Crippen molar-refractivity contribution >= 4 is 11.8 Å². The van der Waals surface area contributed by atoms with E-state index < -0.39 is 0 Å². The highest BCUT2D eigenvalue weighted by molar-refractivity contribution is 5.73. The molecule has 4 rings (SSSR count). The lowest BCUT2D eigenvalue weighted by atomic mass is 9.97. The Bertz CT molecular complexity index is 1050. The highest BCUT2D eigenvalue weighted by Crippen LogP contribution is 2.25. The summed E-state index contributed by atoms with van der Waals surface area (Å²) in [6, 6.07) is 15.3. The van der Waals surface area contributed by atoms with Gasteiger partial charge in [0.2, 0.25) is 5.89 Å². The number of hydrogen-bond donors (Lipinski definition) is 0. The van der Waals surface area contributed by atoms with Crippen LogP contribution in [0.25, 0.3) is 11.5 Å². The van der Waals surface area contributed by atoms with Crippen molar-refractivity contribution in [2.45, 2.75) is 26.4 Å². The molecule has 0 amide bonds. The van der Waals surface area contributed by atoms with Crippen molar-refractivity contribution in [2.75, 3.05) is 18.0 Å². The van der Waals surface area contributed by atoms with E-state index in [0.29, 0.717) is 35.7 Å². The molecule has 1 aliphatic heterocycles. The Hall–Kier alpha value is -3.66. The highest BCUT2D eigenvalue weighted by Gasteiger charge is 2.27. The normalized spacial score (nSPS) is 14.3. The second-order valence-corrected chi connectivity index (χ2v) is 7.27. The molecule has 0 spiro atoms. The number of ether oxygens (including phenoxy) is 1. The number of nitrogens with zero attached hydrogens (tertiary/aromatic N) is 4. The van der Waals surface area contributed by atoms with E-state index in [0.717, 1.165) is 24.5 Å². The van der Waals surface area contributed by atoms with Gasteiger partial charge in [-0.2, -0.15) is 5.26 Å².